The molecule has 0 spiro atoms. The quantitative estimate of drug-likeness (QED) is 0.579. The Morgan fingerprint density at radius 3 is 2.59 bits per heavy atom. The number of nitrogen functional groups attached to an aromatic ring is 1. The monoisotopic (exact) mass is 374 g/mol. The van der Waals surface area contributed by atoms with Gasteiger partial charge in [-0.2, -0.15) is 27.9 Å². The molecule has 0 aromatic carbocycles. The van der Waals surface area contributed by atoms with E-state index in [1.165, 1.54) is 23.8 Å². The lowest BCUT2D eigenvalue weighted by Crippen LogP contribution is -2.10. The van der Waals surface area contributed by atoms with Gasteiger partial charge in [0, 0.05) is 18.9 Å². The first-order chi connectivity index (χ1) is 12.7. The topological polar surface area (TPSA) is 99.8 Å². The number of rotatable bonds is 2. The molecule has 8 nitrogen and oxygen atoms in total. The van der Waals surface area contributed by atoms with Crippen LogP contribution in [0.5, 0.6) is 0 Å². The van der Waals surface area contributed by atoms with E-state index >= 15 is 0 Å². The average molecular weight is 374 g/mol. The molecule has 4 rings (SSSR count). The van der Waals surface area contributed by atoms with Gasteiger partial charge in [-0.15, -0.1) is 0 Å². The van der Waals surface area contributed by atoms with E-state index in [4.69, 9.17) is 5.73 Å². The smallest absolute Gasteiger partial charge is 0.368 e. The molecule has 2 N–H and O–H groups in total. The molecule has 0 fully saturated rings. The Hall–Kier alpha value is -3.50. The Balaban J connectivity index is 2.08. The van der Waals surface area contributed by atoms with Crippen molar-refractivity contribution in [1.29, 1.82) is 0 Å². The average Bonchev–Trinajstić information content (AvgIpc) is 3.22. The molecule has 0 radical (unpaired) electrons. The molecular weight excluding hydrogens is 361 g/mol. The van der Waals surface area contributed by atoms with Crippen molar-refractivity contribution in [2.24, 2.45) is 7.05 Å². The first kappa shape index (κ1) is 16.9. The third-order valence-corrected chi connectivity index (χ3v) is 3.94. The highest BCUT2D eigenvalue weighted by Gasteiger charge is 2.33. The maximum Gasteiger partial charge on any atom is 0.433 e. The van der Waals surface area contributed by atoms with Crippen LogP contribution in [0.15, 0.2) is 30.7 Å². The zero-order valence-corrected chi connectivity index (χ0v) is 14.2. The molecule has 4 aromatic rings. The van der Waals surface area contributed by atoms with Crippen LogP contribution in [0.3, 0.4) is 0 Å². The van der Waals surface area contributed by atoms with Crippen LogP contribution in [-0.4, -0.2) is 34.3 Å². The zero-order valence-electron chi connectivity index (χ0n) is 14.2. The fraction of sp³-hybridized carbons (Fsp3) is 0.188. The van der Waals surface area contributed by atoms with Crippen molar-refractivity contribution in [3.8, 4) is 22.5 Å². The van der Waals surface area contributed by atoms with Gasteiger partial charge in [0.25, 0.3) is 0 Å². The number of hydrogen-bond donors (Lipinski definition) is 1. The molecule has 0 aliphatic carbocycles. The van der Waals surface area contributed by atoms with Gasteiger partial charge in [-0.25, -0.2) is 15.0 Å². The minimum atomic E-state index is -4.59. The van der Waals surface area contributed by atoms with Crippen LogP contribution in [0.1, 0.15) is 11.4 Å². The Labute approximate surface area is 150 Å². The molecule has 4 aromatic heterocycles. The zero-order chi connectivity index (χ0) is 19.3. The number of pyridine rings is 1. The summed E-state index contributed by atoms with van der Waals surface area (Å²) in [5.74, 6) is 0.0497. The highest BCUT2D eigenvalue weighted by atomic mass is 19.4. The minimum absolute atomic E-state index is 0.0497. The number of anilines is 1. The molecule has 0 aliphatic rings. The first-order valence-electron chi connectivity index (χ1n) is 7.79. The second-order valence-electron chi connectivity index (χ2n) is 5.94. The van der Waals surface area contributed by atoms with Gasteiger partial charge in [-0.1, -0.05) is 0 Å². The second kappa shape index (κ2) is 5.76. The molecule has 0 atom stereocenters. The summed E-state index contributed by atoms with van der Waals surface area (Å²) in [6.07, 6.45) is -1.63. The van der Waals surface area contributed by atoms with Crippen molar-refractivity contribution in [3.05, 3.63) is 42.1 Å². The van der Waals surface area contributed by atoms with Gasteiger partial charge >= 0.3 is 6.18 Å². The Morgan fingerprint density at radius 2 is 1.93 bits per heavy atom. The van der Waals surface area contributed by atoms with E-state index in [-0.39, 0.29) is 22.9 Å². The Kier molecular flexibility index (Phi) is 3.61. The number of alkyl halides is 3. The maximum atomic E-state index is 13.3. The van der Waals surface area contributed by atoms with Gasteiger partial charge in [0.1, 0.15) is 23.4 Å². The predicted octanol–water partition coefficient (Wildman–Crippen LogP) is 2.50. The van der Waals surface area contributed by atoms with Crippen LogP contribution in [0, 0.1) is 6.92 Å². The van der Waals surface area contributed by atoms with Crippen molar-refractivity contribution < 1.29 is 13.2 Å². The number of aromatic nitrogens is 7. The summed E-state index contributed by atoms with van der Waals surface area (Å²) in [6.45, 7) is 1.49. The Bertz CT molecular complexity index is 1160. The summed E-state index contributed by atoms with van der Waals surface area (Å²) in [7, 11) is 1.72. The molecular formula is C16H13F3N8. The minimum Gasteiger partial charge on any atom is -0.368 e. The van der Waals surface area contributed by atoms with Crippen LogP contribution in [0.4, 0.5) is 19.1 Å². The molecule has 0 aliphatic heterocycles. The van der Waals surface area contributed by atoms with Crippen molar-refractivity contribution in [1.82, 2.24) is 34.3 Å². The normalized spacial score (nSPS) is 12.0. The fourth-order valence-electron chi connectivity index (χ4n) is 2.85. The van der Waals surface area contributed by atoms with Crippen LogP contribution in [0.2, 0.25) is 0 Å². The molecule has 0 bridgehead atoms. The molecule has 0 saturated carbocycles. The van der Waals surface area contributed by atoms with Gasteiger partial charge in [-0.05, 0) is 30.7 Å². The van der Waals surface area contributed by atoms with Gasteiger partial charge in [0.15, 0.2) is 5.65 Å². The number of nitrogens with two attached hydrogens (primary N) is 1. The van der Waals surface area contributed by atoms with Gasteiger partial charge < -0.3 is 5.73 Å². The summed E-state index contributed by atoms with van der Waals surface area (Å²) < 4.78 is 42.6. The fourth-order valence-corrected chi connectivity index (χ4v) is 2.85. The third kappa shape index (κ3) is 2.86. The summed E-state index contributed by atoms with van der Waals surface area (Å²) in [6, 6.07) is 4.18. The lowest BCUT2D eigenvalue weighted by Gasteiger charge is -2.13. The highest BCUT2D eigenvalue weighted by Crippen LogP contribution is 2.37. The standard InChI is InChI=1S/C16H13F3N8/c1-8-5-9(6-11(23-8)16(17,18)19)12-13(10-3-4-26(2)25-10)24-15(20)27-14(12)21-7-22-27/h3-7H,1-2H3,(H2,20,24). The van der Waals surface area contributed by atoms with Gasteiger partial charge in [-0.3, -0.25) is 4.68 Å². The summed E-state index contributed by atoms with van der Waals surface area (Å²) in [5.41, 5.74) is 6.79. The number of aryl methyl sites for hydroxylation is 2. The Morgan fingerprint density at radius 1 is 1.15 bits per heavy atom. The molecule has 4 heterocycles. The molecule has 0 unspecified atom stereocenters. The van der Waals surface area contributed by atoms with Gasteiger partial charge in [0.05, 0.1) is 5.56 Å². The summed E-state index contributed by atoms with van der Waals surface area (Å²) >= 11 is 0. The van der Waals surface area contributed by atoms with Crippen molar-refractivity contribution >= 4 is 11.6 Å². The lowest BCUT2D eigenvalue weighted by molar-refractivity contribution is -0.141. The molecule has 0 amide bonds. The van der Waals surface area contributed by atoms with Crippen molar-refractivity contribution in [2.75, 3.05) is 5.73 Å². The van der Waals surface area contributed by atoms with Crippen LogP contribution in [-0.2, 0) is 13.2 Å². The largest absolute Gasteiger partial charge is 0.433 e. The summed E-state index contributed by atoms with van der Waals surface area (Å²) in [5, 5.41) is 8.29. The highest BCUT2D eigenvalue weighted by molar-refractivity contribution is 5.89. The number of fused-ring (bicyclic) bond motifs is 1. The number of nitrogens with zero attached hydrogens (tertiary/aromatic N) is 7. The molecule has 0 saturated heterocycles. The number of hydrogen-bond acceptors (Lipinski definition) is 6. The van der Waals surface area contributed by atoms with E-state index in [0.29, 0.717) is 17.0 Å². The van der Waals surface area contributed by atoms with Gasteiger partial charge in [0.2, 0.25) is 5.95 Å². The van der Waals surface area contributed by atoms with E-state index in [0.717, 1.165) is 6.07 Å². The maximum absolute atomic E-state index is 13.3. The van der Waals surface area contributed by atoms with Crippen LogP contribution >= 0.6 is 0 Å². The van der Waals surface area contributed by atoms with E-state index < -0.39 is 11.9 Å². The van der Waals surface area contributed by atoms with Crippen molar-refractivity contribution in [3.63, 3.8) is 0 Å². The van der Waals surface area contributed by atoms with Crippen LogP contribution in [0.25, 0.3) is 28.2 Å². The SMILES string of the molecule is Cc1cc(-c2c(-c3ccn(C)n3)nc(N)n3ncnc23)cc(C(F)(F)F)n1. The predicted molar refractivity (Wildman–Crippen MR) is 90.4 cm³/mol. The lowest BCUT2D eigenvalue weighted by atomic mass is 10.0. The summed E-state index contributed by atoms with van der Waals surface area (Å²) in [4.78, 5) is 12.1. The first-order valence-corrected chi connectivity index (χ1v) is 7.79. The molecule has 27 heavy (non-hydrogen) atoms. The van der Waals surface area contributed by atoms with Crippen molar-refractivity contribution in [2.45, 2.75) is 13.1 Å². The number of halogens is 3. The molecule has 11 heteroatoms. The second-order valence-corrected chi connectivity index (χ2v) is 5.94. The van der Waals surface area contributed by atoms with E-state index in [2.05, 4.69) is 25.1 Å². The van der Waals surface area contributed by atoms with Crippen LogP contribution < -0.4 is 5.73 Å². The van der Waals surface area contributed by atoms with E-state index in [9.17, 15) is 13.2 Å². The van der Waals surface area contributed by atoms with E-state index in [1.807, 2.05) is 0 Å². The molecule has 138 valence electrons. The van der Waals surface area contributed by atoms with E-state index in [1.54, 1.807) is 24.0 Å². The third-order valence-electron chi connectivity index (χ3n) is 3.94.